The second-order valence-electron chi connectivity index (χ2n) is 6.92. The minimum absolute atomic E-state index is 0.106. The standard InChI is InChI=1S/C24H21ClN2O3/c1-16-7-12-21(22(15-16)29-2)30-14-13-27-23(17-8-10-18(25)11-9-17)26-20-6-4-3-5-19(20)24(27)28/h3-12,15H,13-14H2,1-2H3. The molecule has 30 heavy (non-hydrogen) atoms. The maximum absolute atomic E-state index is 13.2. The molecule has 0 saturated carbocycles. The van der Waals surface area contributed by atoms with Crippen LogP contribution in [0.4, 0.5) is 0 Å². The van der Waals surface area contributed by atoms with Crippen LogP contribution < -0.4 is 15.0 Å². The number of benzene rings is 3. The van der Waals surface area contributed by atoms with Gasteiger partial charge in [0.1, 0.15) is 12.4 Å². The van der Waals surface area contributed by atoms with Crippen molar-refractivity contribution in [2.24, 2.45) is 0 Å². The number of para-hydroxylation sites is 1. The van der Waals surface area contributed by atoms with E-state index in [2.05, 4.69) is 0 Å². The molecule has 4 rings (SSSR count). The Hall–Kier alpha value is -3.31. The highest BCUT2D eigenvalue weighted by molar-refractivity contribution is 6.30. The van der Waals surface area contributed by atoms with E-state index < -0.39 is 0 Å². The van der Waals surface area contributed by atoms with Gasteiger partial charge in [0.25, 0.3) is 5.56 Å². The largest absolute Gasteiger partial charge is 0.493 e. The summed E-state index contributed by atoms with van der Waals surface area (Å²) in [6.45, 7) is 2.62. The Balaban J connectivity index is 1.70. The quantitative estimate of drug-likeness (QED) is 0.434. The number of ether oxygens (including phenoxy) is 2. The van der Waals surface area contributed by atoms with Crippen LogP contribution in [0.5, 0.6) is 11.5 Å². The molecule has 4 aromatic rings. The number of aryl methyl sites for hydroxylation is 1. The zero-order valence-electron chi connectivity index (χ0n) is 16.8. The molecule has 0 aliphatic heterocycles. The molecule has 0 fully saturated rings. The van der Waals surface area contributed by atoms with Crippen LogP contribution in [-0.4, -0.2) is 23.3 Å². The number of aromatic nitrogens is 2. The lowest BCUT2D eigenvalue weighted by Gasteiger charge is -2.15. The van der Waals surface area contributed by atoms with Gasteiger partial charge in [-0.1, -0.05) is 29.8 Å². The molecular formula is C24H21ClN2O3. The summed E-state index contributed by atoms with van der Waals surface area (Å²) in [6.07, 6.45) is 0. The molecule has 0 bridgehead atoms. The van der Waals surface area contributed by atoms with Gasteiger partial charge in [0.15, 0.2) is 11.5 Å². The van der Waals surface area contributed by atoms with Crippen molar-refractivity contribution in [1.82, 2.24) is 9.55 Å². The SMILES string of the molecule is COc1cc(C)ccc1OCCn1c(-c2ccc(Cl)cc2)nc2ccccc2c1=O. The minimum Gasteiger partial charge on any atom is -0.493 e. The van der Waals surface area contributed by atoms with Crippen LogP contribution in [0.1, 0.15) is 5.56 Å². The Morgan fingerprint density at radius 2 is 1.77 bits per heavy atom. The average molecular weight is 421 g/mol. The smallest absolute Gasteiger partial charge is 0.261 e. The van der Waals surface area contributed by atoms with E-state index in [1.165, 1.54) is 0 Å². The topological polar surface area (TPSA) is 53.4 Å². The minimum atomic E-state index is -0.106. The van der Waals surface area contributed by atoms with Crippen molar-refractivity contribution in [2.75, 3.05) is 13.7 Å². The first-order valence-corrected chi connectivity index (χ1v) is 9.97. The van der Waals surface area contributed by atoms with Crippen molar-refractivity contribution in [3.05, 3.63) is 87.7 Å². The van der Waals surface area contributed by atoms with Crippen molar-refractivity contribution in [3.63, 3.8) is 0 Å². The number of fused-ring (bicyclic) bond motifs is 1. The second-order valence-corrected chi connectivity index (χ2v) is 7.36. The van der Waals surface area contributed by atoms with E-state index in [0.717, 1.165) is 11.1 Å². The fraction of sp³-hybridized carbons (Fsp3) is 0.167. The van der Waals surface area contributed by atoms with Crippen LogP contribution in [0.2, 0.25) is 5.02 Å². The third-order valence-corrected chi connectivity index (χ3v) is 5.11. The van der Waals surface area contributed by atoms with Gasteiger partial charge in [-0.25, -0.2) is 4.98 Å². The predicted octanol–water partition coefficient (Wildman–Crippen LogP) is 5.11. The van der Waals surface area contributed by atoms with E-state index >= 15 is 0 Å². The van der Waals surface area contributed by atoms with E-state index in [0.29, 0.717) is 46.4 Å². The Morgan fingerprint density at radius 3 is 2.53 bits per heavy atom. The van der Waals surface area contributed by atoms with Gasteiger partial charge in [-0.3, -0.25) is 9.36 Å². The second kappa shape index (κ2) is 8.59. The molecule has 5 nitrogen and oxygen atoms in total. The fourth-order valence-corrected chi connectivity index (χ4v) is 3.46. The Morgan fingerprint density at radius 1 is 1.00 bits per heavy atom. The van der Waals surface area contributed by atoms with Gasteiger partial charge in [-0.2, -0.15) is 0 Å². The third kappa shape index (κ3) is 4.02. The molecule has 1 heterocycles. The Kier molecular flexibility index (Phi) is 5.72. The molecule has 0 atom stereocenters. The van der Waals surface area contributed by atoms with Crippen molar-refractivity contribution in [1.29, 1.82) is 0 Å². The zero-order valence-corrected chi connectivity index (χ0v) is 17.5. The van der Waals surface area contributed by atoms with Gasteiger partial charge >= 0.3 is 0 Å². The Labute approximate surface area is 179 Å². The summed E-state index contributed by atoms with van der Waals surface area (Å²) in [5.41, 5.74) is 2.45. The van der Waals surface area contributed by atoms with Gasteiger partial charge < -0.3 is 9.47 Å². The van der Waals surface area contributed by atoms with E-state index in [-0.39, 0.29) is 5.56 Å². The highest BCUT2D eigenvalue weighted by atomic mass is 35.5. The molecule has 0 saturated heterocycles. The summed E-state index contributed by atoms with van der Waals surface area (Å²) in [4.78, 5) is 18.0. The predicted molar refractivity (Wildman–Crippen MR) is 120 cm³/mol. The van der Waals surface area contributed by atoms with E-state index in [1.54, 1.807) is 29.9 Å². The molecule has 0 radical (unpaired) electrons. The molecule has 0 amide bonds. The number of rotatable bonds is 6. The van der Waals surface area contributed by atoms with Crippen LogP contribution >= 0.6 is 11.6 Å². The van der Waals surface area contributed by atoms with Crippen molar-refractivity contribution in [3.8, 4) is 22.9 Å². The van der Waals surface area contributed by atoms with Gasteiger partial charge in [0.2, 0.25) is 0 Å². The molecule has 0 spiro atoms. The highest BCUT2D eigenvalue weighted by Gasteiger charge is 2.13. The summed E-state index contributed by atoms with van der Waals surface area (Å²) in [5.74, 6) is 1.88. The van der Waals surface area contributed by atoms with Crippen molar-refractivity contribution < 1.29 is 9.47 Å². The zero-order chi connectivity index (χ0) is 21.1. The highest BCUT2D eigenvalue weighted by Crippen LogP contribution is 2.28. The molecule has 0 unspecified atom stereocenters. The number of hydrogen-bond donors (Lipinski definition) is 0. The molecule has 0 N–H and O–H groups in total. The molecule has 6 heteroatoms. The Bertz CT molecular complexity index is 1250. The number of halogens is 1. The van der Waals surface area contributed by atoms with Gasteiger partial charge in [-0.15, -0.1) is 0 Å². The summed E-state index contributed by atoms with van der Waals surface area (Å²) < 4.78 is 13.0. The van der Waals surface area contributed by atoms with Gasteiger partial charge in [0, 0.05) is 10.6 Å². The van der Waals surface area contributed by atoms with E-state index in [4.69, 9.17) is 26.1 Å². The van der Waals surface area contributed by atoms with Crippen LogP contribution in [-0.2, 0) is 6.54 Å². The first-order valence-electron chi connectivity index (χ1n) is 9.60. The van der Waals surface area contributed by atoms with Crippen molar-refractivity contribution in [2.45, 2.75) is 13.5 Å². The number of hydrogen-bond acceptors (Lipinski definition) is 4. The maximum Gasteiger partial charge on any atom is 0.261 e. The first kappa shape index (κ1) is 20.0. The average Bonchev–Trinajstić information content (AvgIpc) is 2.76. The van der Waals surface area contributed by atoms with E-state index in [9.17, 15) is 4.79 Å². The summed E-state index contributed by atoms with van der Waals surface area (Å²) in [5, 5.41) is 1.20. The number of nitrogens with zero attached hydrogens (tertiary/aromatic N) is 2. The molecule has 3 aromatic carbocycles. The molecule has 0 aliphatic carbocycles. The first-order chi connectivity index (χ1) is 14.6. The molecule has 1 aromatic heterocycles. The third-order valence-electron chi connectivity index (χ3n) is 4.86. The molecule has 152 valence electrons. The van der Waals surface area contributed by atoms with Crippen LogP contribution in [0.25, 0.3) is 22.3 Å². The van der Waals surface area contributed by atoms with Crippen LogP contribution in [0.15, 0.2) is 71.5 Å². The summed E-state index contributed by atoms with van der Waals surface area (Å²) in [7, 11) is 1.61. The summed E-state index contributed by atoms with van der Waals surface area (Å²) >= 11 is 6.04. The van der Waals surface area contributed by atoms with Gasteiger partial charge in [0.05, 0.1) is 24.6 Å². The maximum atomic E-state index is 13.2. The van der Waals surface area contributed by atoms with Gasteiger partial charge in [-0.05, 0) is 61.0 Å². The lowest BCUT2D eigenvalue weighted by molar-refractivity contribution is 0.278. The lowest BCUT2D eigenvalue weighted by atomic mass is 10.2. The fourth-order valence-electron chi connectivity index (χ4n) is 3.34. The lowest BCUT2D eigenvalue weighted by Crippen LogP contribution is -2.26. The molecule has 0 aliphatic rings. The molecular weight excluding hydrogens is 400 g/mol. The summed E-state index contributed by atoms with van der Waals surface area (Å²) in [6, 6.07) is 20.4. The number of methoxy groups -OCH3 is 1. The monoisotopic (exact) mass is 420 g/mol. The van der Waals surface area contributed by atoms with Crippen LogP contribution in [0.3, 0.4) is 0 Å². The van der Waals surface area contributed by atoms with Crippen molar-refractivity contribution >= 4 is 22.5 Å². The normalized spacial score (nSPS) is 10.9. The van der Waals surface area contributed by atoms with E-state index in [1.807, 2.05) is 55.5 Å². The van der Waals surface area contributed by atoms with Crippen LogP contribution in [0, 0.1) is 6.92 Å².